The van der Waals surface area contributed by atoms with Crippen molar-refractivity contribution in [1.82, 2.24) is 9.55 Å². The number of fused-ring (bicyclic) bond motifs is 4. The summed E-state index contributed by atoms with van der Waals surface area (Å²) in [6.45, 7) is 6.96. The summed E-state index contributed by atoms with van der Waals surface area (Å²) in [6, 6.07) is 14.9. The van der Waals surface area contributed by atoms with E-state index in [0.29, 0.717) is 12.3 Å². The van der Waals surface area contributed by atoms with Gasteiger partial charge in [-0.25, -0.2) is 4.98 Å². The molecular formula is C27H30N4O. The minimum atomic E-state index is -0.140. The summed E-state index contributed by atoms with van der Waals surface area (Å²) in [5, 5.41) is 3.51. The first-order valence-corrected chi connectivity index (χ1v) is 11.7. The lowest BCUT2D eigenvalue weighted by Gasteiger charge is -2.45. The normalized spacial score (nSPS) is 24.1. The van der Waals surface area contributed by atoms with Gasteiger partial charge in [0.05, 0.1) is 17.1 Å². The van der Waals surface area contributed by atoms with Crippen molar-refractivity contribution in [3.63, 3.8) is 0 Å². The van der Waals surface area contributed by atoms with Crippen molar-refractivity contribution < 1.29 is 4.79 Å². The van der Waals surface area contributed by atoms with Crippen molar-refractivity contribution in [2.75, 3.05) is 17.3 Å². The van der Waals surface area contributed by atoms with Crippen LogP contribution in [0.5, 0.6) is 0 Å². The topological polar surface area (TPSA) is 50.2 Å². The Kier molecular flexibility index (Phi) is 4.11. The number of para-hydroxylation sites is 2. The van der Waals surface area contributed by atoms with Crippen LogP contribution in [0.2, 0.25) is 0 Å². The van der Waals surface area contributed by atoms with Gasteiger partial charge in [0.25, 0.3) is 0 Å². The number of ketones is 1. The maximum absolute atomic E-state index is 13.2. The van der Waals surface area contributed by atoms with E-state index in [-0.39, 0.29) is 17.4 Å². The fourth-order valence-corrected chi connectivity index (χ4v) is 6.05. The average molecular weight is 427 g/mol. The number of rotatable bonds is 1. The van der Waals surface area contributed by atoms with E-state index < -0.39 is 0 Å². The summed E-state index contributed by atoms with van der Waals surface area (Å²) in [5.41, 5.74) is 7.98. The maximum Gasteiger partial charge on any atom is 0.209 e. The molecule has 1 aromatic heterocycles. The smallest absolute Gasteiger partial charge is 0.209 e. The molecule has 164 valence electrons. The van der Waals surface area contributed by atoms with Crippen LogP contribution in [0.15, 0.2) is 53.7 Å². The Hall–Kier alpha value is -3.08. The Balaban J connectivity index is 1.58. The van der Waals surface area contributed by atoms with Crippen LogP contribution >= 0.6 is 0 Å². The van der Waals surface area contributed by atoms with Crippen molar-refractivity contribution >= 4 is 28.5 Å². The fraction of sp³-hybridized carbons (Fsp3) is 0.407. The molecule has 0 saturated heterocycles. The summed E-state index contributed by atoms with van der Waals surface area (Å²) in [6.07, 6.45) is 3.54. The Bertz CT molecular complexity index is 1300. The van der Waals surface area contributed by atoms with Gasteiger partial charge in [0, 0.05) is 36.0 Å². The number of hydrogen-bond acceptors (Lipinski definition) is 4. The number of carbonyl (C=O) groups excluding carboxylic acids is 1. The minimum Gasteiger partial charge on any atom is -0.369 e. The van der Waals surface area contributed by atoms with Crippen LogP contribution in [0.1, 0.15) is 69.5 Å². The lowest BCUT2D eigenvalue weighted by atomic mass is 9.78. The summed E-state index contributed by atoms with van der Waals surface area (Å²) < 4.78 is 2.24. The molecule has 3 heterocycles. The minimum absolute atomic E-state index is 0.130. The molecule has 0 spiro atoms. The van der Waals surface area contributed by atoms with Crippen molar-refractivity contribution in [1.29, 1.82) is 0 Å². The third kappa shape index (κ3) is 2.70. The Morgan fingerprint density at radius 1 is 1.12 bits per heavy atom. The van der Waals surface area contributed by atoms with E-state index in [2.05, 4.69) is 66.9 Å². The van der Waals surface area contributed by atoms with Crippen LogP contribution < -0.4 is 10.2 Å². The highest BCUT2D eigenvalue weighted by atomic mass is 16.1. The summed E-state index contributed by atoms with van der Waals surface area (Å²) >= 11 is 0. The third-order valence-corrected chi connectivity index (χ3v) is 7.82. The molecule has 0 bridgehead atoms. The first kappa shape index (κ1) is 19.6. The van der Waals surface area contributed by atoms with Gasteiger partial charge in [0.2, 0.25) is 5.95 Å². The highest BCUT2D eigenvalue weighted by molar-refractivity contribution is 6.00. The van der Waals surface area contributed by atoms with E-state index in [1.165, 1.54) is 16.8 Å². The van der Waals surface area contributed by atoms with Gasteiger partial charge in [-0.3, -0.25) is 9.36 Å². The van der Waals surface area contributed by atoms with E-state index in [4.69, 9.17) is 4.98 Å². The SMILES string of the molecule is C[C@H]1CC(C)(C)N(C)c2ccc([C@@H]3C4=C(CCCC4=O)Nc4nc5ccccc5n43)cc21. The summed E-state index contributed by atoms with van der Waals surface area (Å²) in [7, 11) is 2.20. The highest BCUT2D eigenvalue weighted by Gasteiger charge is 2.39. The van der Waals surface area contributed by atoms with E-state index in [0.717, 1.165) is 47.5 Å². The van der Waals surface area contributed by atoms with Crippen LogP contribution in [-0.2, 0) is 4.79 Å². The van der Waals surface area contributed by atoms with Crippen LogP contribution in [0.3, 0.4) is 0 Å². The standard InChI is InChI=1S/C27H30N4O/c1-16-15-27(2,3)30(4)21-13-12-17(14-18(16)21)25-24-20(9-7-11-23(24)32)29-26-28-19-8-5-6-10-22(19)31(25)26/h5-6,8,10,12-14,16,25H,7,9,11,15H2,1-4H3,(H,28,29)/t16-,25+/m0/s1. The van der Waals surface area contributed by atoms with Crippen LogP contribution in [0.4, 0.5) is 11.6 Å². The predicted molar refractivity (Wildman–Crippen MR) is 129 cm³/mol. The van der Waals surface area contributed by atoms with E-state index in [1.54, 1.807) is 0 Å². The molecule has 5 nitrogen and oxygen atoms in total. The Morgan fingerprint density at radius 3 is 2.78 bits per heavy atom. The van der Waals surface area contributed by atoms with E-state index >= 15 is 0 Å². The van der Waals surface area contributed by atoms with Gasteiger partial charge in [0.1, 0.15) is 0 Å². The van der Waals surface area contributed by atoms with Crippen LogP contribution in [0.25, 0.3) is 11.0 Å². The zero-order valence-corrected chi connectivity index (χ0v) is 19.3. The molecule has 6 rings (SSSR count). The van der Waals surface area contributed by atoms with Crippen molar-refractivity contribution in [2.45, 2.75) is 64.0 Å². The lowest BCUT2D eigenvalue weighted by molar-refractivity contribution is -0.116. The van der Waals surface area contributed by atoms with Gasteiger partial charge in [-0.2, -0.15) is 0 Å². The Morgan fingerprint density at radius 2 is 1.94 bits per heavy atom. The van der Waals surface area contributed by atoms with Crippen LogP contribution in [-0.4, -0.2) is 27.9 Å². The molecule has 5 heteroatoms. The number of nitrogens with zero attached hydrogens (tertiary/aromatic N) is 3. The van der Waals surface area contributed by atoms with Crippen molar-refractivity contribution in [3.05, 3.63) is 64.9 Å². The average Bonchev–Trinajstić information content (AvgIpc) is 3.14. The molecule has 0 unspecified atom stereocenters. The predicted octanol–water partition coefficient (Wildman–Crippen LogP) is 5.78. The van der Waals surface area contributed by atoms with Crippen molar-refractivity contribution in [2.24, 2.45) is 0 Å². The molecule has 3 aromatic rings. The second kappa shape index (κ2) is 6.71. The molecule has 1 aliphatic carbocycles. The third-order valence-electron chi connectivity index (χ3n) is 7.82. The van der Waals surface area contributed by atoms with Gasteiger partial charge in [-0.05, 0) is 68.4 Å². The zero-order chi connectivity index (χ0) is 22.2. The highest BCUT2D eigenvalue weighted by Crippen LogP contribution is 2.47. The fourth-order valence-electron chi connectivity index (χ4n) is 6.05. The second-order valence-electron chi connectivity index (χ2n) is 10.3. The summed E-state index contributed by atoms with van der Waals surface area (Å²) in [4.78, 5) is 20.5. The molecule has 2 aliphatic heterocycles. The van der Waals surface area contributed by atoms with Gasteiger partial charge in [-0.15, -0.1) is 0 Å². The molecular weight excluding hydrogens is 396 g/mol. The summed E-state index contributed by atoms with van der Waals surface area (Å²) in [5.74, 6) is 1.57. The lowest BCUT2D eigenvalue weighted by Crippen LogP contribution is -2.45. The first-order valence-electron chi connectivity index (χ1n) is 11.7. The molecule has 2 aromatic carbocycles. The molecule has 0 fully saturated rings. The number of hydrogen-bond donors (Lipinski definition) is 1. The van der Waals surface area contributed by atoms with Gasteiger partial charge in [0.15, 0.2) is 5.78 Å². The zero-order valence-electron chi connectivity index (χ0n) is 19.3. The maximum atomic E-state index is 13.2. The molecule has 3 aliphatic rings. The van der Waals surface area contributed by atoms with Gasteiger partial charge < -0.3 is 10.2 Å². The van der Waals surface area contributed by atoms with Gasteiger partial charge in [-0.1, -0.05) is 31.2 Å². The molecule has 0 saturated carbocycles. The van der Waals surface area contributed by atoms with E-state index in [9.17, 15) is 4.79 Å². The molecule has 2 atom stereocenters. The molecule has 32 heavy (non-hydrogen) atoms. The number of benzene rings is 2. The number of allylic oxidation sites excluding steroid dienone is 2. The van der Waals surface area contributed by atoms with Crippen LogP contribution in [0, 0.1) is 0 Å². The van der Waals surface area contributed by atoms with Gasteiger partial charge >= 0.3 is 0 Å². The second-order valence-corrected chi connectivity index (χ2v) is 10.3. The molecule has 0 radical (unpaired) electrons. The number of aromatic nitrogens is 2. The largest absolute Gasteiger partial charge is 0.369 e. The molecule has 0 amide bonds. The number of carbonyl (C=O) groups is 1. The molecule has 1 N–H and O–H groups in total. The quantitative estimate of drug-likeness (QED) is 0.536. The monoisotopic (exact) mass is 426 g/mol. The number of nitrogens with one attached hydrogen (secondary N) is 1. The Labute approximate surface area is 189 Å². The number of Topliss-reactive ketones (excluding diaryl/α,β-unsaturated/α-hetero) is 1. The van der Waals surface area contributed by atoms with Crippen molar-refractivity contribution in [3.8, 4) is 0 Å². The van der Waals surface area contributed by atoms with E-state index in [1.807, 2.05) is 18.2 Å². The first-order chi connectivity index (χ1) is 15.3. The number of imidazole rings is 1. The number of anilines is 2.